The lowest BCUT2D eigenvalue weighted by molar-refractivity contribution is -0.141. The predicted molar refractivity (Wildman–Crippen MR) is 136 cm³/mol. The van der Waals surface area contributed by atoms with Crippen molar-refractivity contribution < 1.29 is 22.8 Å². The molecule has 196 valence electrons. The Kier molecular flexibility index (Phi) is 8.15. The van der Waals surface area contributed by atoms with Crippen LogP contribution in [-0.2, 0) is 17.4 Å². The van der Waals surface area contributed by atoms with Gasteiger partial charge in [-0.2, -0.15) is 18.3 Å². The maximum absolute atomic E-state index is 13.0. The molecule has 1 aromatic carbocycles. The number of pyridine rings is 1. The summed E-state index contributed by atoms with van der Waals surface area (Å²) in [6, 6.07) is 14.7. The number of halogens is 4. The summed E-state index contributed by atoms with van der Waals surface area (Å²) >= 11 is 3.20. The van der Waals surface area contributed by atoms with Crippen molar-refractivity contribution in [3.63, 3.8) is 0 Å². The number of nitrogens with one attached hydrogen (secondary N) is 1. The number of fused-ring (bicyclic) bond motifs is 1. The van der Waals surface area contributed by atoms with Gasteiger partial charge in [-0.25, -0.2) is 19.6 Å². The third-order valence-corrected chi connectivity index (χ3v) is 5.93. The van der Waals surface area contributed by atoms with E-state index in [1.165, 1.54) is 4.90 Å². The van der Waals surface area contributed by atoms with Crippen LogP contribution in [-0.4, -0.2) is 49.1 Å². The molecule has 1 atom stereocenters. The molecule has 4 aromatic rings. The van der Waals surface area contributed by atoms with Crippen molar-refractivity contribution in [2.24, 2.45) is 0 Å². The quantitative estimate of drug-likeness (QED) is 0.358. The highest BCUT2D eigenvalue weighted by molar-refractivity contribution is 9.10. The van der Waals surface area contributed by atoms with Crippen LogP contribution >= 0.6 is 15.9 Å². The van der Waals surface area contributed by atoms with Crippen molar-refractivity contribution in [2.75, 3.05) is 11.4 Å². The molecule has 3 aromatic heterocycles. The first kappa shape index (κ1) is 26.9. The Labute approximate surface area is 223 Å². The predicted octanol–water partition coefficient (Wildman–Crippen LogP) is 4.23. The van der Waals surface area contributed by atoms with Gasteiger partial charge in [0, 0.05) is 30.9 Å². The highest BCUT2D eigenvalue weighted by Crippen LogP contribution is 2.30. The monoisotopic (exact) mass is 587 g/mol. The lowest BCUT2D eigenvalue weighted by atomic mass is 10.0. The summed E-state index contributed by atoms with van der Waals surface area (Å²) in [7, 11) is 0. The van der Waals surface area contributed by atoms with Gasteiger partial charge in [-0.15, -0.1) is 0 Å². The zero-order valence-corrected chi connectivity index (χ0v) is 21.5. The Morgan fingerprint density at radius 2 is 1.82 bits per heavy atom. The van der Waals surface area contributed by atoms with E-state index >= 15 is 0 Å². The molecule has 5 rings (SSSR count). The summed E-state index contributed by atoms with van der Waals surface area (Å²) in [5.74, 6) is -1.41. The molecular formula is C25H21BrF3N7O2. The Morgan fingerprint density at radius 3 is 2.42 bits per heavy atom. The Hall–Kier alpha value is -4.13. The number of para-hydroxylation sites is 1. The fourth-order valence-electron chi connectivity index (χ4n) is 3.77. The van der Waals surface area contributed by atoms with Gasteiger partial charge in [0.1, 0.15) is 22.2 Å². The van der Waals surface area contributed by atoms with Crippen molar-refractivity contribution >= 4 is 33.6 Å². The molecule has 1 unspecified atom stereocenters. The van der Waals surface area contributed by atoms with Crippen LogP contribution in [0.4, 0.5) is 19.0 Å². The number of carbonyl (C=O) groups is 2. The molecule has 4 heterocycles. The van der Waals surface area contributed by atoms with Gasteiger partial charge in [0.05, 0.1) is 11.9 Å². The molecule has 0 saturated heterocycles. The minimum Gasteiger partial charge on any atom is -0.337 e. The SMILES string of the molecule is Brc1ccccn1.CCN1C(=O)C(NC(=O)c2nccc(C(F)(F)F)n2)Cc2cnn(-c3ccccc3)c21. The van der Waals surface area contributed by atoms with E-state index in [1.54, 1.807) is 24.0 Å². The molecule has 0 bridgehead atoms. The molecule has 0 saturated carbocycles. The molecule has 1 aliphatic rings. The van der Waals surface area contributed by atoms with E-state index in [0.29, 0.717) is 18.4 Å². The molecule has 13 heteroatoms. The normalized spacial score (nSPS) is 14.8. The minimum absolute atomic E-state index is 0.141. The van der Waals surface area contributed by atoms with Crippen LogP contribution in [0.15, 0.2) is 77.8 Å². The first-order valence-corrected chi connectivity index (χ1v) is 12.2. The molecule has 38 heavy (non-hydrogen) atoms. The lowest BCUT2D eigenvalue weighted by Gasteiger charge is -2.32. The number of benzene rings is 1. The van der Waals surface area contributed by atoms with E-state index < -0.39 is 35.6 Å². The second-order valence-electron chi connectivity index (χ2n) is 7.97. The third-order valence-electron chi connectivity index (χ3n) is 5.46. The van der Waals surface area contributed by atoms with Gasteiger partial charge in [-0.1, -0.05) is 24.3 Å². The summed E-state index contributed by atoms with van der Waals surface area (Å²) < 4.78 is 41.1. The number of carbonyl (C=O) groups excluding carboxylic acids is 2. The number of rotatable bonds is 4. The van der Waals surface area contributed by atoms with Gasteiger partial charge in [-0.3, -0.25) is 14.5 Å². The van der Waals surface area contributed by atoms with Gasteiger partial charge >= 0.3 is 6.18 Å². The maximum Gasteiger partial charge on any atom is 0.433 e. The fraction of sp³-hybridized carbons (Fsp3) is 0.200. The number of nitrogens with zero attached hydrogens (tertiary/aromatic N) is 6. The van der Waals surface area contributed by atoms with Gasteiger partial charge in [0.25, 0.3) is 11.8 Å². The van der Waals surface area contributed by atoms with Gasteiger partial charge in [0.15, 0.2) is 0 Å². The fourth-order valence-corrected chi connectivity index (χ4v) is 4.05. The standard InChI is InChI=1S/C20H17F3N6O2.C5H4BrN/c1-2-28-18-12(11-25-29(18)13-6-4-3-5-7-13)10-14(19(28)31)26-17(30)16-24-9-8-15(27-16)20(21,22)23;6-5-3-1-2-4-7-5/h3-9,11,14H,2,10H2,1H3,(H,26,30);1-4H. The first-order chi connectivity index (χ1) is 18.2. The highest BCUT2D eigenvalue weighted by atomic mass is 79.9. The van der Waals surface area contributed by atoms with E-state index in [0.717, 1.165) is 22.1 Å². The van der Waals surface area contributed by atoms with Crippen LogP contribution in [0.2, 0.25) is 0 Å². The van der Waals surface area contributed by atoms with Gasteiger partial charge in [-0.05, 0) is 53.2 Å². The largest absolute Gasteiger partial charge is 0.433 e. The molecule has 0 fully saturated rings. The van der Waals surface area contributed by atoms with E-state index in [4.69, 9.17) is 0 Å². The molecule has 0 radical (unpaired) electrons. The number of aromatic nitrogens is 5. The summed E-state index contributed by atoms with van der Waals surface area (Å²) in [5, 5.41) is 6.83. The molecule has 0 spiro atoms. The lowest BCUT2D eigenvalue weighted by Crippen LogP contribution is -2.53. The smallest absolute Gasteiger partial charge is 0.337 e. The zero-order valence-electron chi connectivity index (χ0n) is 19.9. The van der Waals surface area contributed by atoms with Gasteiger partial charge in [0.2, 0.25) is 5.82 Å². The molecule has 0 aliphatic carbocycles. The van der Waals surface area contributed by atoms with E-state index in [2.05, 4.69) is 41.3 Å². The van der Waals surface area contributed by atoms with Crippen LogP contribution in [0, 0.1) is 0 Å². The van der Waals surface area contributed by atoms with Crippen LogP contribution in [0.25, 0.3) is 5.69 Å². The van der Waals surface area contributed by atoms with E-state index in [-0.39, 0.29) is 6.42 Å². The van der Waals surface area contributed by atoms with Crippen LogP contribution in [0.3, 0.4) is 0 Å². The van der Waals surface area contributed by atoms with E-state index in [9.17, 15) is 22.8 Å². The number of hydrogen-bond acceptors (Lipinski definition) is 6. The summed E-state index contributed by atoms with van der Waals surface area (Å²) in [6.07, 6.45) is -0.365. The summed E-state index contributed by atoms with van der Waals surface area (Å²) in [6.45, 7) is 2.10. The van der Waals surface area contributed by atoms with Crippen molar-refractivity contribution in [3.8, 4) is 5.69 Å². The van der Waals surface area contributed by atoms with Crippen LogP contribution in [0.5, 0.6) is 0 Å². The Balaban J connectivity index is 0.000000417. The molecular weight excluding hydrogens is 567 g/mol. The van der Waals surface area contributed by atoms with E-state index in [1.807, 2.05) is 48.5 Å². The summed E-state index contributed by atoms with van der Waals surface area (Å²) in [5.41, 5.74) is 0.264. The van der Waals surface area contributed by atoms with Crippen LogP contribution < -0.4 is 10.2 Å². The van der Waals surface area contributed by atoms with Crippen molar-refractivity contribution in [1.82, 2.24) is 30.0 Å². The average Bonchev–Trinajstić information content (AvgIpc) is 3.33. The Morgan fingerprint density at radius 1 is 1.08 bits per heavy atom. The number of likely N-dealkylation sites (N-methyl/N-ethyl adjacent to an activating group) is 1. The summed E-state index contributed by atoms with van der Waals surface area (Å²) in [4.78, 5) is 37.8. The highest BCUT2D eigenvalue weighted by Gasteiger charge is 2.37. The first-order valence-electron chi connectivity index (χ1n) is 11.4. The molecule has 2 amide bonds. The maximum atomic E-state index is 13.0. The second kappa shape index (κ2) is 11.5. The third kappa shape index (κ3) is 6.05. The zero-order chi connectivity index (χ0) is 27.3. The van der Waals surface area contributed by atoms with Crippen molar-refractivity contribution in [2.45, 2.75) is 25.6 Å². The minimum atomic E-state index is -4.71. The average molecular weight is 588 g/mol. The molecule has 1 aliphatic heterocycles. The number of alkyl halides is 3. The second-order valence-corrected chi connectivity index (χ2v) is 8.78. The Bertz CT molecular complexity index is 1420. The number of amides is 2. The topological polar surface area (TPSA) is 106 Å². The number of hydrogen-bond donors (Lipinski definition) is 1. The van der Waals surface area contributed by atoms with Crippen LogP contribution in [0.1, 0.15) is 28.8 Å². The van der Waals surface area contributed by atoms with Gasteiger partial charge < -0.3 is 5.32 Å². The van der Waals surface area contributed by atoms with Crippen molar-refractivity contribution in [1.29, 1.82) is 0 Å². The molecule has 9 nitrogen and oxygen atoms in total. The number of anilines is 1. The molecule has 1 N–H and O–H groups in total. The van der Waals surface area contributed by atoms with Crippen molar-refractivity contribution in [3.05, 3.63) is 94.9 Å².